The van der Waals surface area contributed by atoms with Crippen molar-refractivity contribution in [1.82, 2.24) is 25.0 Å². The second-order valence-corrected chi connectivity index (χ2v) is 23.0. The SMILES string of the molecule is C=C(C[C@H](C(=O)N1C[C@H](O)C[C@H]1C(=O)N[C@@H](C)c1ccc(-c2scnc2C)cc1)C(C)(C)C)CN1CCO[C@@H](CN2CCO[C@@H](COc3ccc(N4C(=S)N(c5ccc(C#N)c(C(F)(F)F)c5)C(=O)C4(C)C)cc3)C2)C1. The minimum Gasteiger partial charge on any atom is -0.491 e. The van der Waals surface area contributed by atoms with E-state index in [1.54, 1.807) is 65.3 Å². The molecule has 0 bridgehead atoms. The van der Waals surface area contributed by atoms with Gasteiger partial charge in [-0.2, -0.15) is 18.4 Å². The molecule has 3 amide bonds. The first-order valence-electron chi connectivity index (χ1n) is 25.6. The number of ether oxygens (including phenoxy) is 3. The fourth-order valence-electron chi connectivity index (χ4n) is 10.5. The first-order chi connectivity index (χ1) is 35.9. The van der Waals surface area contributed by atoms with Crippen molar-refractivity contribution in [3.05, 3.63) is 107 Å². The number of β-amino-alcohol motifs (C(OH)–C–C–N with tert-alkyl or cyclic N) is 1. The summed E-state index contributed by atoms with van der Waals surface area (Å²) in [4.78, 5) is 56.4. The lowest BCUT2D eigenvalue weighted by molar-refractivity contribution is -0.144. The third-order valence-electron chi connectivity index (χ3n) is 14.7. The van der Waals surface area contributed by atoms with E-state index in [0.717, 1.165) is 50.8 Å². The number of aliphatic hydroxyl groups is 1. The Balaban J connectivity index is 0.810. The van der Waals surface area contributed by atoms with Crippen LogP contribution in [0, 0.1) is 29.6 Å². The number of anilines is 2. The van der Waals surface area contributed by atoms with Crippen LogP contribution in [-0.4, -0.2) is 143 Å². The van der Waals surface area contributed by atoms with Crippen molar-refractivity contribution in [3.63, 3.8) is 0 Å². The zero-order chi connectivity index (χ0) is 54.9. The summed E-state index contributed by atoms with van der Waals surface area (Å²) in [5.74, 6) is -0.899. The van der Waals surface area contributed by atoms with Crippen LogP contribution in [-0.2, 0) is 30.0 Å². The molecule has 0 aliphatic carbocycles. The molecule has 4 aliphatic rings. The summed E-state index contributed by atoms with van der Waals surface area (Å²) in [6, 6.07) is 18.5. The van der Waals surface area contributed by atoms with Crippen LogP contribution in [0.2, 0.25) is 0 Å². The fourth-order valence-corrected chi connectivity index (χ4v) is 11.9. The zero-order valence-electron chi connectivity index (χ0n) is 44.1. The van der Waals surface area contributed by atoms with Crippen molar-refractivity contribution in [2.45, 2.75) is 103 Å². The minimum atomic E-state index is -4.81. The average molecular weight is 1090 g/mol. The van der Waals surface area contributed by atoms with Gasteiger partial charge in [-0.25, -0.2) is 4.98 Å². The second-order valence-electron chi connectivity index (χ2n) is 21.8. The lowest BCUT2D eigenvalue weighted by atomic mass is 9.76. The zero-order valence-corrected chi connectivity index (χ0v) is 45.7. The van der Waals surface area contributed by atoms with Crippen LogP contribution in [0.4, 0.5) is 24.5 Å². The van der Waals surface area contributed by atoms with E-state index in [1.807, 2.05) is 64.4 Å². The molecule has 4 fully saturated rings. The number of rotatable bonds is 16. The number of nitrogens with one attached hydrogen (secondary N) is 1. The molecule has 76 heavy (non-hydrogen) atoms. The molecule has 15 nitrogen and oxygen atoms in total. The highest BCUT2D eigenvalue weighted by molar-refractivity contribution is 7.81. The summed E-state index contributed by atoms with van der Waals surface area (Å²) in [5.41, 5.74) is 2.76. The number of thiazole rings is 1. The van der Waals surface area contributed by atoms with E-state index in [2.05, 4.69) is 26.7 Å². The molecule has 8 rings (SSSR count). The van der Waals surface area contributed by atoms with E-state index < -0.39 is 52.2 Å². The molecule has 406 valence electrons. The average Bonchev–Trinajstić information content (AvgIpc) is 4.05. The Morgan fingerprint density at radius 1 is 1.00 bits per heavy atom. The highest BCUT2D eigenvalue weighted by Crippen LogP contribution is 2.41. The number of aliphatic hydroxyl groups excluding tert-OH is 1. The Kier molecular flexibility index (Phi) is 17.1. The Labute approximate surface area is 452 Å². The molecule has 1 aromatic heterocycles. The van der Waals surface area contributed by atoms with E-state index in [1.165, 1.54) is 6.07 Å². The van der Waals surface area contributed by atoms with E-state index >= 15 is 0 Å². The number of thiocarbonyl (C=S) groups is 1. The number of aromatic nitrogens is 1. The van der Waals surface area contributed by atoms with Crippen molar-refractivity contribution in [3.8, 4) is 22.3 Å². The van der Waals surface area contributed by atoms with Gasteiger partial charge in [-0.1, -0.05) is 57.2 Å². The van der Waals surface area contributed by atoms with Gasteiger partial charge in [-0.3, -0.25) is 29.1 Å². The van der Waals surface area contributed by atoms with Crippen LogP contribution < -0.4 is 19.9 Å². The number of carbonyl (C=O) groups is 3. The maximum absolute atomic E-state index is 14.5. The third-order valence-corrected chi connectivity index (χ3v) is 16.1. The number of hydrogen-bond donors (Lipinski definition) is 2. The lowest BCUT2D eigenvalue weighted by Crippen LogP contribution is -2.52. The van der Waals surface area contributed by atoms with Gasteiger partial charge in [0.05, 0.1) is 70.4 Å². The fraction of sp³-hybridized carbons (Fsp3) is 0.500. The number of amides is 3. The number of likely N-dealkylation sites (tertiary alicyclic amines) is 1. The summed E-state index contributed by atoms with van der Waals surface area (Å²) in [7, 11) is 0. The molecule has 4 saturated heterocycles. The van der Waals surface area contributed by atoms with Gasteiger partial charge in [0.1, 0.15) is 30.0 Å². The summed E-state index contributed by atoms with van der Waals surface area (Å²) in [5, 5.41) is 23.2. The first kappa shape index (κ1) is 56.4. The maximum atomic E-state index is 14.5. The number of morpholine rings is 2. The first-order valence-corrected chi connectivity index (χ1v) is 26.9. The third kappa shape index (κ3) is 12.6. The van der Waals surface area contributed by atoms with Crippen LogP contribution in [0.5, 0.6) is 5.75 Å². The van der Waals surface area contributed by atoms with Crippen LogP contribution in [0.3, 0.4) is 0 Å². The van der Waals surface area contributed by atoms with E-state index in [0.29, 0.717) is 63.8 Å². The second kappa shape index (κ2) is 23.0. The molecular formula is C56H67F3N8O7S2. The largest absolute Gasteiger partial charge is 0.491 e. The molecule has 0 unspecified atom stereocenters. The van der Waals surface area contributed by atoms with Crippen LogP contribution >= 0.6 is 23.6 Å². The number of hydrogen-bond acceptors (Lipinski definition) is 13. The van der Waals surface area contributed by atoms with Crippen molar-refractivity contribution in [2.24, 2.45) is 11.3 Å². The van der Waals surface area contributed by atoms with E-state index in [9.17, 15) is 37.9 Å². The van der Waals surface area contributed by atoms with Crippen LogP contribution in [0.1, 0.15) is 82.8 Å². The Bertz CT molecular complexity index is 2830. The van der Waals surface area contributed by atoms with Gasteiger partial charge in [-0.15, -0.1) is 11.3 Å². The number of nitrogens with zero attached hydrogens (tertiary/aromatic N) is 7. The quantitative estimate of drug-likeness (QED) is 0.0817. The number of benzene rings is 3. The monoisotopic (exact) mass is 1080 g/mol. The normalized spacial score (nSPS) is 22.4. The molecule has 0 radical (unpaired) electrons. The van der Waals surface area contributed by atoms with Gasteiger partial charge in [0, 0.05) is 63.8 Å². The standard InChI is InChI=1S/C56H67F3N8O7S2/c1-34(23-47(54(4,5)6)51(70)65-28-42(68)25-48(65)50(69)62-35(2)37-9-11-38(12-10-37)49-36(3)61-33-76-49)27-63-19-21-72-44(29-63)30-64-20-22-73-45(31-64)32-74-43-17-15-40(16-18-43)67-53(75)66(52(71)55(67,7)8)41-14-13-39(26-60)46(24-41)56(57,58)59/h9-18,24,33,35,42,44-45,47-48,68H,1,19-23,25,27-32H2,2-8H3,(H,62,69)/t35-,42+,44+,45+,47+,48-/m0/s1. The van der Waals surface area contributed by atoms with Crippen molar-refractivity contribution >= 4 is 57.8 Å². The molecule has 3 aromatic carbocycles. The summed E-state index contributed by atoms with van der Waals surface area (Å²) in [6.07, 6.45) is -5.33. The van der Waals surface area contributed by atoms with Gasteiger partial charge >= 0.3 is 6.18 Å². The number of nitriles is 1. The predicted octanol–water partition coefficient (Wildman–Crippen LogP) is 8.15. The number of alkyl halides is 3. The van der Waals surface area contributed by atoms with Gasteiger partial charge in [0.15, 0.2) is 5.11 Å². The maximum Gasteiger partial charge on any atom is 0.417 e. The smallest absolute Gasteiger partial charge is 0.417 e. The highest BCUT2D eigenvalue weighted by Gasteiger charge is 2.51. The Morgan fingerprint density at radius 2 is 1.66 bits per heavy atom. The molecule has 2 N–H and O–H groups in total. The Hall–Kier alpha value is -5.79. The molecule has 0 spiro atoms. The molecular weight excluding hydrogens is 1020 g/mol. The van der Waals surface area contributed by atoms with Crippen LogP contribution in [0.15, 0.2) is 84.4 Å². The number of aryl methyl sites for hydroxylation is 1. The topological polar surface area (TPSA) is 164 Å². The predicted molar refractivity (Wildman–Crippen MR) is 289 cm³/mol. The Morgan fingerprint density at radius 3 is 2.30 bits per heavy atom. The van der Waals surface area contributed by atoms with E-state index in [4.69, 9.17) is 26.4 Å². The molecule has 4 aliphatic heterocycles. The molecule has 0 saturated carbocycles. The number of carbonyl (C=O) groups excluding carboxylic acids is 3. The van der Waals surface area contributed by atoms with E-state index in [-0.39, 0.29) is 60.4 Å². The lowest BCUT2D eigenvalue weighted by Gasteiger charge is -2.39. The molecule has 4 aromatic rings. The van der Waals surface area contributed by atoms with Gasteiger partial charge in [0.25, 0.3) is 5.91 Å². The van der Waals surface area contributed by atoms with Crippen molar-refractivity contribution < 1.29 is 46.9 Å². The van der Waals surface area contributed by atoms with Crippen LogP contribution in [0.25, 0.3) is 10.4 Å². The highest BCUT2D eigenvalue weighted by atomic mass is 32.1. The summed E-state index contributed by atoms with van der Waals surface area (Å²) < 4.78 is 60.0. The molecule has 20 heteroatoms. The minimum absolute atomic E-state index is 0.00218. The summed E-state index contributed by atoms with van der Waals surface area (Å²) in [6.45, 7) is 23.1. The van der Waals surface area contributed by atoms with Crippen molar-refractivity contribution in [1.29, 1.82) is 5.26 Å². The van der Waals surface area contributed by atoms with Gasteiger partial charge < -0.3 is 34.4 Å². The van der Waals surface area contributed by atoms with Gasteiger partial charge in [-0.05, 0) is 105 Å². The molecule has 6 atom stereocenters. The molecule has 5 heterocycles. The van der Waals surface area contributed by atoms with Crippen molar-refractivity contribution in [2.75, 3.05) is 75.4 Å². The van der Waals surface area contributed by atoms with Gasteiger partial charge in [0.2, 0.25) is 11.8 Å². The summed E-state index contributed by atoms with van der Waals surface area (Å²) >= 11 is 7.28. The number of halogens is 3.